The molecule has 1 saturated heterocycles. The second-order valence-corrected chi connectivity index (χ2v) is 7.28. The molecule has 2 unspecified atom stereocenters. The summed E-state index contributed by atoms with van der Waals surface area (Å²) < 4.78 is 0. The molecule has 0 saturated carbocycles. The molecule has 0 radical (unpaired) electrons. The molecule has 2 rings (SSSR count). The van der Waals surface area contributed by atoms with Crippen molar-refractivity contribution in [2.24, 2.45) is 11.8 Å². The highest BCUT2D eigenvalue weighted by atomic mass is 35.5. The maximum Gasteiger partial charge on any atom is 0.252 e. The van der Waals surface area contributed by atoms with Gasteiger partial charge in [-0.2, -0.15) is 0 Å². The summed E-state index contributed by atoms with van der Waals surface area (Å²) in [6, 6.07) is 4.93. The summed E-state index contributed by atoms with van der Waals surface area (Å²) >= 11 is 11.9. The van der Waals surface area contributed by atoms with Crippen LogP contribution in [-0.2, 0) is 0 Å². The lowest BCUT2D eigenvalue weighted by Crippen LogP contribution is -2.40. The van der Waals surface area contributed by atoms with Crippen molar-refractivity contribution >= 4 is 29.1 Å². The largest absolute Gasteiger partial charge is 0.352 e. The van der Waals surface area contributed by atoms with Gasteiger partial charge in [-0.1, -0.05) is 37.0 Å². The molecule has 0 aromatic heterocycles. The quantitative estimate of drug-likeness (QED) is 0.817. The summed E-state index contributed by atoms with van der Waals surface area (Å²) in [6.45, 7) is 8.66. The highest BCUT2D eigenvalue weighted by Gasteiger charge is 2.21. The van der Waals surface area contributed by atoms with Gasteiger partial charge in [0.05, 0.1) is 10.6 Å². The number of nitrogens with zero attached hydrogens (tertiary/aromatic N) is 1. The second kappa shape index (κ2) is 8.19. The smallest absolute Gasteiger partial charge is 0.252 e. The van der Waals surface area contributed by atoms with E-state index in [1.807, 2.05) is 0 Å². The molecule has 1 aromatic rings. The van der Waals surface area contributed by atoms with Crippen molar-refractivity contribution in [1.29, 1.82) is 0 Å². The SMILES string of the molecule is CC1CC(C)CN(CCCNC(=O)c2ccc(Cl)cc2Cl)C1. The Balaban J connectivity index is 1.73. The molecule has 0 bridgehead atoms. The molecule has 22 heavy (non-hydrogen) atoms. The minimum Gasteiger partial charge on any atom is -0.352 e. The third kappa shape index (κ3) is 5.15. The zero-order chi connectivity index (χ0) is 16.1. The van der Waals surface area contributed by atoms with Crippen molar-refractivity contribution in [3.05, 3.63) is 33.8 Å². The van der Waals surface area contributed by atoms with E-state index in [-0.39, 0.29) is 5.91 Å². The number of piperidine rings is 1. The number of benzene rings is 1. The van der Waals surface area contributed by atoms with Gasteiger partial charge in [0.1, 0.15) is 0 Å². The van der Waals surface area contributed by atoms with Crippen molar-refractivity contribution in [2.75, 3.05) is 26.2 Å². The van der Waals surface area contributed by atoms with Gasteiger partial charge in [-0.15, -0.1) is 0 Å². The first-order chi connectivity index (χ1) is 10.5. The topological polar surface area (TPSA) is 32.3 Å². The van der Waals surface area contributed by atoms with E-state index in [9.17, 15) is 4.79 Å². The molecular weight excluding hydrogens is 319 g/mol. The average Bonchev–Trinajstić information content (AvgIpc) is 2.42. The van der Waals surface area contributed by atoms with Crippen LogP contribution in [0.3, 0.4) is 0 Å². The molecule has 122 valence electrons. The maximum absolute atomic E-state index is 12.1. The molecule has 5 heteroatoms. The second-order valence-electron chi connectivity index (χ2n) is 6.44. The fourth-order valence-electron chi connectivity index (χ4n) is 3.25. The van der Waals surface area contributed by atoms with Gasteiger partial charge in [-0.3, -0.25) is 4.79 Å². The summed E-state index contributed by atoms with van der Waals surface area (Å²) in [6.07, 6.45) is 2.28. The van der Waals surface area contributed by atoms with Crippen molar-refractivity contribution in [1.82, 2.24) is 10.2 Å². The van der Waals surface area contributed by atoms with E-state index in [0.29, 0.717) is 22.2 Å². The van der Waals surface area contributed by atoms with Crippen molar-refractivity contribution in [2.45, 2.75) is 26.7 Å². The predicted molar refractivity (Wildman–Crippen MR) is 92.8 cm³/mol. The third-order valence-electron chi connectivity index (χ3n) is 4.06. The van der Waals surface area contributed by atoms with Crippen LogP contribution in [0.4, 0.5) is 0 Å². The molecule has 1 aliphatic rings. The van der Waals surface area contributed by atoms with E-state index in [4.69, 9.17) is 23.2 Å². The van der Waals surface area contributed by atoms with E-state index < -0.39 is 0 Å². The Morgan fingerprint density at radius 3 is 2.59 bits per heavy atom. The Labute approximate surface area is 143 Å². The highest BCUT2D eigenvalue weighted by molar-refractivity contribution is 6.36. The molecule has 1 aliphatic heterocycles. The molecule has 1 heterocycles. The van der Waals surface area contributed by atoms with Crippen molar-refractivity contribution in [3.63, 3.8) is 0 Å². The van der Waals surface area contributed by atoms with Gasteiger partial charge in [-0.05, 0) is 49.4 Å². The van der Waals surface area contributed by atoms with E-state index in [1.54, 1.807) is 18.2 Å². The van der Waals surface area contributed by atoms with Crippen LogP contribution in [-0.4, -0.2) is 37.0 Å². The van der Waals surface area contributed by atoms with E-state index >= 15 is 0 Å². The van der Waals surface area contributed by atoms with E-state index in [2.05, 4.69) is 24.1 Å². The van der Waals surface area contributed by atoms with Gasteiger partial charge in [0.2, 0.25) is 0 Å². The Morgan fingerprint density at radius 2 is 1.95 bits per heavy atom. The van der Waals surface area contributed by atoms with Crippen LogP contribution in [0.25, 0.3) is 0 Å². The zero-order valence-corrected chi connectivity index (χ0v) is 14.8. The minimum atomic E-state index is -0.137. The van der Waals surface area contributed by atoms with Crippen LogP contribution in [0, 0.1) is 11.8 Å². The van der Waals surface area contributed by atoms with Crippen LogP contribution in [0.1, 0.15) is 37.0 Å². The number of amides is 1. The minimum absolute atomic E-state index is 0.137. The summed E-state index contributed by atoms with van der Waals surface area (Å²) in [5.41, 5.74) is 0.478. The first kappa shape index (κ1) is 17.6. The normalized spacial score (nSPS) is 22.5. The number of likely N-dealkylation sites (tertiary alicyclic amines) is 1. The lowest BCUT2D eigenvalue weighted by Gasteiger charge is -2.34. The van der Waals surface area contributed by atoms with Crippen molar-refractivity contribution in [3.8, 4) is 0 Å². The van der Waals surface area contributed by atoms with Crippen LogP contribution in [0.15, 0.2) is 18.2 Å². The fourth-order valence-corrected chi connectivity index (χ4v) is 3.74. The van der Waals surface area contributed by atoms with Gasteiger partial charge in [0, 0.05) is 24.7 Å². The van der Waals surface area contributed by atoms with Gasteiger partial charge in [0.15, 0.2) is 0 Å². The molecule has 1 N–H and O–H groups in total. The fraction of sp³-hybridized carbons (Fsp3) is 0.588. The third-order valence-corrected chi connectivity index (χ3v) is 4.60. The number of rotatable bonds is 5. The van der Waals surface area contributed by atoms with Crippen molar-refractivity contribution < 1.29 is 4.79 Å². The molecular formula is C17H24Cl2N2O. The molecule has 1 aromatic carbocycles. The number of nitrogens with one attached hydrogen (secondary N) is 1. The molecule has 0 spiro atoms. The van der Waals surface area contributed by atoms with E-state index in [1.165, 1.54) is 19.5 Å². The van der Waals surface area contributed by atoms with Gasteiger partial charge in [-0.25, -0.2) is 0 Å². The summed E-state index contributed by atoms with van der Waals surface area (Å²) in [4.78, 5) is 14.6. The van der Waals surface area contributed by atoms with Gasteiger partial charge < -0.3 is 10.2 Å². The van der Waals surface area contributed by atoms with Crippen LogP contribution in [0.2, 0.25) is 10.0 Å². The Morgan fingerprint density at radius 1 is 1.27 bits per heavy atom. The first-order valence-corrected chi connectivity index (χ1v) is 8.67. The van der Waals surface area contributed by atoms with Crippen LogP contribution >= 0.6 is 23.2 Å². The molecule has 1 amide bonds. The number of halogens is 2. The van der Waals surface area contributed by atoms with Crippen LogP contribution < -0.4 is 5.32 Å². The molecule has 2 atom stereocenters. The molecule has 1 fully saturated rings. The Kier molecular flexibility index (Phi) is 6.54. The van der Waals surface area contributed by atoms with Crippen LogP contribution in [0.5, 0.6) is 0 Å². The lowest BCUT2D eigenvalue weighted by molar-refractivity contribution is 0.0947. The average molecular weight is 343 g/mol. The molecule has 3 nitrogen and oxygen atoms in total. The summed E-state index contributed by atoms with van der Waals surface area (Å²) in [5.74, 6) is 1.40. The number of carbonyl (C=O) groups excluding carboxylic acids is 1. The lowest BCUT2D eigenvalue weighted by atomic mass is 9.92. The Bertz CT molecular complexity index is 511. The maximum atomic E-state index is 12.1. The Hall–Kier alpha value is -0.770. The van der Waals surface area contributed by atoms with E-state index in [0.717, 1.165) is 24.8 Å². The summed E-state index contributed by atoms with van der Waals surface area (Å²) in [7, 11) is 0. The standard InChI is InChI=1S/C17H24Cl2N2O/c1-12-8-13(2)11-21(10-12)7-3-6-20-17(22)15-5-4-14(18)9-16(15)19/h4-5,9,12-13H,3,6-8,10-11H2,1-2H3,(H,20,22). The first-order valence-electron chi connectivity index (χ1n) is 7.91. The number of hydrogen-bond donors (Lipinski definition) is 1. The summed E-state index contributed by atoms with van der Waals surface area (Å²) in [5, 5.41) is 3.86. The monoisotopic (exact) mass is 342 g/mol. The number of hydrogen-bond acceptors (Lipinski definition) is 2. The van der Waals surface area contributed by atoms with Gasteiger partial charge >= 0.3 is 0 Å². The van der Waals surface area contributed by atoms with Gasteiger partial charge in [0.25, 0.3) is 5.91 Å². The molecule has 0 aliphatic carbocycles. The number of carbonyl (C=O) groups is 1. The zero-order valence-electron chi connectivity index (χ0n) is 13.2. The highest BCUT2D eigenvalue weighted by Crippen LogP contribution is 2.21. The predicted octanol–water partition coefficient (Wildman–Crippen LogP) is 4.09.